The molecule has 2 atom stereocenters. The van der Waals surface area contributed by atoms with E-state index >= 15 is 0 Å². The molecule has 0 aliphatic heterocycles. The highest BCUT2D eigenvalue weighted by atomic mass is 16.5. The molecule has 1 aromatic carbocycles. The summed E-state index contributed by atoms with van der Waals surface area (Å²) in [6.45, 7) is 5.01. The summed E-state index contributed by atoms with van der Waals surface area (Å²) in [7, 11) is 2.01. The molecule has 90 valence electrons. The Morgan fingerprint density at radius 1 is 1.19 bits per heavy atom. The summed E-state index contributed by atoms with van der Waals surface area (Å²) in [4.78, 5) is 0. The van der Waals surface area contributed by atoms with E-state index in [2.05, 4.69) is 43.4 Å². The van der Waals surface area contributed by atoms with Crippen LogP contribution < -0.4 is 5.32 Å². The average Bonchev–Trinajstić information content (AvgIpc) is 2.35. The quantitative estimate of drug-likeness (QED) is 0.763. The standard InChI is InChI=1S/C14H23NO/c1-4-9-13(15-3)14(16-5-2)12-10-7-6-8-11-12/h6-8,10-11,13-15H,4-5,9H2,1-3H3. The SMILES string of the molecule is CCCC(NC)C(OCC)c1ccccc1. The van der Waals surface area contributed by atoms with Crippen molar-refractivity contribution in [2.45, 2.75) is 38.8 Å². The molecule has 2 unspecified atom stereocenters. The first kappa shape index (κ1) is 13.2. The molecule has 0 aromatic heterocycles. The second-order valence-corrected chi connectivity index (χ2v) is 3.97. The van der Waals surface area contributed by atoms with Crippen LogP contribution in [0.1, 0.15) is 38.4 Å². The molecule has 0 aliphatic rings. The monoisotopic (exact) mass is 221 g/mol. The largest absolute Gasteiger partial charge is 0.372 e. The minimum atomic E-state index is 0.163. The second kappa shape index (κ2) is 7.42. The Labute approximate surface area is 99.0 Å². The lowest BCUT2D eigenvalue weighted by atomic mass is 9.98. The zero-order valence-corrected chi connectivity index (χ0v) is 10.6. The highest BCUT2D eigenvalue weighted by Crippen LogP contribution is 2.23. The molecule has 2 heteroatoms. The molecule has 0 heterocycles. The third-order valence-corrected chi connectivity index (χ3v) is 2.81. The Kier molecular flexibility index (Phi) is 6.12. The molecule has 0 bridgehead atoms. The maximum absolute atomic E-state index is 5.87. The molecule has 0 saturated heterocycles. The van der Waals surface area contributed by atoms with Crippen LogP contribution in [0.5, 0.6) is 0 Å². The van der Waals surface area contributed by atoms with Crippen LogP contribution in [0.4, 0.5) is 0 Å². The molecular formula is C14H23NO. The summed E-state index contributed by atoms with van der Waals surface area (Å²) in [5, 5.41) is 3.36. The third-order valence-electron chi connectivity index (χ3n) is 2.81. The highest BCUT2D eigenvalue weighted by Gasteiger charge is 2.20. The minimum Gasteiger partial charge on any atom is -0.372 e. The van der Waals surface area contributed by atoms with E-state index in [1.54, 1.807) is 0 Å². The molecule has 0 radical (unpaired) electrons. The van der Waals surface area contributed by atoms with Gasteiger partial charge in [0.25, 0.3) is 0 Å². The molecule has 0 spiro atoms. The van der Waals surface area contributed by atoms with Gasteiger partial charge in [-0.3, -0.25) is 0 Å². The first-order valence-corrected chi connectivity index (χ1v) is 6.17. The summed E-state index contributed by atoms with van der Waals surface area (Å²) < 4.78 is 5.87. The van der Waals surface area contributed by atoms with E-state index in [0.29, 0.717) is 6.04 Å². The van der Waals surface area contributed by atoms with Gasteiger partial charge in [-0.15, -0.1) is 0 Å². The lowest BCUT2D eigenvalue weighted by molar-refractivity contribution is 0.0327. The number of likely N-dealkylation sites (N-methyl/N-ethyl adjacent to an activating group) is 1. The van der Waals surface area contributed by atoms with E-state index in [-0.39, 0.29) is 6.10 Å². The zero-order chi connectivity index (χ0) is 11.8. The molecular weight excluding hydrogens is 198 g/mol. The third kappa shape index (κ3) is 3.62. The normalized spacial score (nSPS) is 14.7. The van der Waals surface area contributed by atoms with Gasteiger partial charge in [-0.25, -0.2) is 0 Å². The molecule has 1 aromatic rings. The topological polar surface area (TPSA) is 21.3 Å². The Hall–Kier alpha value is -0.860. The molecule has 16 heavy (non-hydrogen) atoms. The van der Waals surface area contributed by atoms with Crippen LogP contribution in [-0.2, 0) is 4.74 Å². The zero-order valence-electron chi connectivity index (χ0n) is 10.6. The van der Waals surface area contributed by atoms with Crippen molar-refractivity contribution in [2.24, 2.45) is 0 Å². The van der Waals surface area contributed by atoms with Crippen LogP contribution in [0.15, 0.2) is 30.3 Å². The van der Waals surface area contributed by atoms with E-state index in [0.717, 1.165) is 13.0 Å². The van der Waals surface area contributed by atoms with Crippen LogP contribution >= 0.6 is 0 Å². The second-order valence-electron chi connectivity index (χ2n) is 3.97. The molecule has 1 N–H and O–H groups in total. The predicted octanol–water partition coefficient (Wildman–Crippen LogP) is 3.15. The average molecular weight is 221 g/mol. The fraction of sp³-hybridized carbons (Fsp3) is 0.571. The summed E-state index contributed by atoms with van der Waals surface area (Å²) in [5.41, 5.74) is 1.26. The van der Waals surface area contributed by atoms with Gasteiger partial charge in [0.15, 0.2) is 0 Å². The number of ether oxygens (including phenoxy) is 1. The van der Waals surface area contributed by atoms with Crippen molar-refractivity contribution >= 4 is 0 Å². The number of nitrogens with one attached hydrogen (secondary N) is 1. The van der Waals surface area contributed by atoms with Crippen molar-refractivity contribution in [1.82, 2.24) is 5.32 Å². The first-order chi connectivity index (χ1) is 7.83. The molecule has 0 fully saturated rings. The number of rotatable bonds is 7. The van der Waals surface area contributed by atoms with Gasteiger partial charge in [0.05, 0.1) is 6.10 Å². The fourth-order valence-electron chi connectivity index (χ4n) is 2.03. The van der Waals surface area contributed by atoms with Gasteiger partial charge < -0.3 is 10.1 Å². The van der Waals surface area contributed by atoms with E-state index in [1.807, 2.05) is 13.1 Å². The van der Waals surface area contributed by atoms with Gasteiger partial charge in [-0.2, -0.15) is 0 Å². The predicted molar refractivity (Wildman–Crippen MR) is 68.6 cm³/mol. The summed E-state index contributed by atoms with van der Waals surface area (Å²) in [5.74, 6) is 0. The van der Waals surface area contributed by atoms with Crippen molar-refractivity contribution in [3.05, 3.63) is 35.9 Å². The van der Waals surface area contributed by atoms with Crippen LogP contribution in [0.25, 0.3) is 0 Å². The number of hydrogen-bond acceptors (Lipinski definition) is 2. The lowest BCUT2D eigenvalue weighted by Crippen LogP contribution is -2.33. The van der Waals surface area contributed by atoms with E-state index in [1.165, 1.54) is 12.0 Å². The van der Waals surface area contributed by atoms with Crippen molar-refractivity contribution < 1.29 is 4.74 Å². The van der Waals surface area contributed by atoms with Crippen molar-refractivity contribution in [2.75, 3.05) is 13.7 Å². The molecule has 1 rings (SSSR count). The Bertz CT molecular complexity index is 273. The molecule has 0 saturated carbocycles. The van der Waals surface area contributed by atoms with Gasteiger partial charge in [-0.05, 0) is 26.0 Å². The van der Waals surface area contributed by atoms with Crippen molar-refractivity contribution in [1.29, 1.82) is 0 Å². The van der Waals surface area contributed by atoms with Gasteiger partial charge in [-0.1, -0.05) is 43.7 Å². The van der Waals surface area contributed by atoms with E-state index in [9.17, 15) is 0 Å². The maximum atomic E-state index is 5.87. The highest BCUT2D eigenvalue weighted by molar-refractivity contribution is 5.19. The lowest BCUT2D eigenvalue weighted by Gasteiger charge is -2.27. The van der Waals surface area contributed by atoms with Crippen molar-refractivity contribution in [3.63, 3.8) is 0 Å². The minimum absolute atomic E-state index is 0.163. The molecule has 0 amide bonds. The van der Waals surface area contributed by atoms with Gasteiger partial charge >= 0.3 is 0 Å². The van der Waals surface area contributed by atoms with Crippen LogP contribution in [0.3, 0.4) is 0 Å². The summed E-state index contributed by atoms with van der Waals surface area (Å²) in [6, 6.07) is 10.9. The van der Waals surface area contributed by atoms with E-state index in [4.69, 9.17) is 4.74 Å². The van der Waals surface area contributed by atoms with Gasteiger partial charge in [0.2, 0.25) is 0 Å². The smallest absolute Gasteiger partial charge is 0.0977 e. The van der Waals surface area contributed by atoms with Crippen LogP contribution in [-0.4, -0.2) is 19.7 Å². The Morgan fingerprint density at radius 3 is 2.38 bits per heavy atom. The van der Waals surface area contributed by atoms with Crippen molar-refractivity contribution in [3.8, 4) is 0 Å². The summed E-state index contributed by atoms with van der Waals surface area (Å²) >= 11 is 0. The van der Waals surface area contributed by atoms with Crippen LogP contribution in [0, 0.1) is 0 Å². The van der Waals surface area contributed by atoms with E-state index < -0.39 is 0 Å². The Balaban J connectivity index is 2.80. The molecule has 0 aliphatic carbocycles. The maximum Gasteiger partial charge on any atom is 0.0977 e. The van der Waals surface area contributed by atoms with Crippen LogP contribution in [0.2, 0.25) is 0 Å². The number of benzene rings is 1. The molecule has 2 nitrogen and oxygen atoms in total. The Morgan fingerprint density at radius 2 is 1.88 bits per heavy atom. The van der Waals surface area contributed by atoms with Gasteiger partial charge in [0, 0.05) is 12.6 Å². The summed E-state index contributed by atoms with van der Waals surface area (Å²) in [6.07, 6.45) is 2.47. The fourth-order valence-corrected chi connectivity index (χ4v) is 2.03. The first-order valence-electron chi connectivity index (χ1n) is 6.17. The van der Waals surface area contributed by atoms with Gasteiger partial charge in [0.1, 0.15) is 0 Å². The number of hydrogen-bond donors (Lipinski definition) is 1.